The second kappa shape index (κ2) is 4.80. The molecule has 0 amide bonds. The molecule has 0 unspecified atom stereocenters. The molecule has 2 heteroatoms. The summed E-state index contributed by atoms with van der Waals surface area (Å²) in [4.78, 5) is 1.03. The Balaban J connectivity index is 2.69. The number of hydrogen-bond acceptors (Lipinski definition) is 1. The lowest BCUT2D eigenvalue weighted by Gasteiger charge is -2.11. The van der Waals surface area contributed by atoms with E-state index in [0.717, 1.165) is 4.90 Å². The number of thiol groups is 1. The van der Waals surface area contributed by atoms with Gasteiger partial charge in [-0.15, -0.1) is 12.6 Å². The lowest BCUT2D eigenvalue weighted by Crippen LogP contribution is -1.90. The standard InChI is InChI=1S/C14H13IS/c1-9-7-12(10(2)13(15)8-9)11-5-3-4-6-14(11)16/h3-8,16H,1-2H3. The first-order chi connectivity index (χ1) is 7.59. The van der Waals surface area contributed by atoms with Crippen LogP contribution in [0.5, 0.6) is 0 Å². The molecule has 0 nitrogen and oxygen atoms in total. The molecule has 0 N–H and O–H groups in total. The third-order valence-corrected chi connectivity index (χ3v) is 4.19. The molecule has 0 spiro atoms. The lowest BCUT2D eigenvalue weighted by atomic mass is 9.98. The smallest absolute Gasteiger partial charge is 0.0168 e. The molecule has 0 radical (unpaired) electrons. The van der Waals surface area contributed by atoms with Gasteiger partial charge in [0, 0.05) is 8.47 Å². The van der Waals surface area contributed by atoms with E-state index in [4.69, 9.17) is 0 Å². The Bertz CT molecular complexity index is 532. The van der Waals surface area contributed by atoms with E-state index >= 15 is 0 Å². The van der Waals surface area contributed by atoms with Gasteiger partial charge in [-0.25, -0.2) is 0 Å². The van der Waals surface area contributed by atoms with E-state index in [-0.39, 0.29) is 0 Å². The van der Waals surface area contributed by atoms with Crippen molar-refractivity contribution in [1.29, 1.82) is 0 Å². The van der Waals surface area contributed by atoms with Gasteiger partial charge in [-0.2, -0.15) is 0 Å². The first-order valence-corrected chi connectivity index (χ1v) is 6.67. The Labute approximate surface area is 116 Å². The van der Waals surface area contributed by atoms with E-state index < -0.39 is 0 Å². The van der Waals surface area contributed by atoms with E-state index in [1.165, 1.54) is 25.8 Å². The van der Waals surface area contributed by atoms with Gasteiger partial charge in [-0.1, -0.05) is 24.3 Å². The van der Waals surface area contributed by atoms with E-state index in [0.29, 0.717) is 0 Å². The SMILES string of the molecule is Cc1cc(I)c(C)c(-c2ccccc2S)c1. The molecule has 0 heterocycles. The fourth-order valence-corrected chi connectivity index (χ4v) is 2.86. The summed E-state index contributed by atoms with van der Waals surface area (Å²) in [5, 5.41) is 0. The average molecular weight is 340 g/mol. The van der Waals surface area contributed by atoms with Crippen LogP contribution >= 0.6 is 35.2 Å². The van der Waals surface area contributed by atoms with Crippen molar-refractivity contribution in [3.8, 4) is 11.1 Å². The van der Waals surface area contributed by atoms with E-state index in [2.05, 4.69) is 73.3 Å². The van der Waals surface area contributed by atoms with Crippen molar-refractivity contribution in [2.24, 2.45) is 0 Å². The molecule has 16 heavy (non-hydrogen) atoms. The summed E-state index contributed by atoms with van der Waals surface area (Å²) in [6, 6.07) is 12.7. The molecule has 82 valence electrons. The van der Waals surface area contributed by atoms with Gasteiger partial charge in [0.15, 0.2) is 0 Å². The number of hydrogen-bond donors (Lipinski definition) is 1. The van der Waals surface area contributed by atoms with Gasteiger partial charge in [0.2, 0.25) is 0 Å². The van der Waals surface area contributed by atoms with E-state index in [1.807, 2.05) is 12.1 Å². The molecule has 0 saturated carbocycles. The Hall–Kier alpha value is -0.480. The molecule has 2 rings (SSSR count). The van der Waals surface area contributed by atoms with Crippen LogP contribution in [0.1, 0.15) is 11.1 Å². The Morgan fingerprint density at radius 3 is 2.38 bits per heavy atom. The Kier molecular flexibility index (Phi) is 3.60. The molecule has 0 aliphatic rings. The minimum atomic E-state index is 1.03. The first kappa shape index (κ1) is 12.0. The van der Waals surface area contributed by atoms with Crippen LogP contribution in [0.4, 0.5) is 0 Å². The maximum Gasteiger partial charge on any atom is 0.0168 e. The van der Waals surface area contributed by atoms with Gasteiger partial charge in [-0.3, -0.25) is 0 Å². The van der Waals surface area contributed by atoms with Crippen molar-refractivity contribution in [3.63, 3.8) is 0 Å². The third kappa shape index (κ3) is 2.28. The Morgan fingerprint density at radius 2 is 1.69 bits per heavy atom. The minimum absolute atomic E-state index is 1.03. The van der Waals surface area contributed by atoms with Gasteiger partial charge in [-0.05, 0) is 70.8 Å². The van der Waals surface area contributed by atoms with Crippen molar-refractivity contribution in [2.75, 3.05) is 0 Å². The number of benzene rings is 2. The average Bonchev–Trinajstić information content (AvgIpc) is 2.24. The monoisotopic (exact) mass is 340 g/mol. The van der Waals surface area contributed by atoms with Crippen molar-refractivity contribution < 1.29 is 0 Å². The van der Waals surface area contributed by atoms with Gasteiger partial charge in [0.25, 0.3) is 0 Å². The topological polar surface area (TPSA) is 0 Å². The van der Waals surface area contributed by atoms with E-state index in [1.54, 1.807) is 0 Å². The molecular weight excluding hydrogens is 327 g/mol. The molecule has 0 fully saturated rings. The number of rotatable bonds is 1. The summed E-state index contributed by atoms with van der Waals surface area (Å²) in [7, 11) is 0. The van der Waals surface area contributed by atoms with Crippen LogP contribution in [0, 0.1) is 17.4 Å². The summed E-state index contributed by atoms with van der Waals surface area (Å²) in [6.45, 7) is 4.29. The molecule has 2 aromatic rings. The summed E-state index contributed by atoms with van der Waals surface area (Å²) in [6.07, 6.45) is 0. The summed E-state index contributed by atoms with van der Waals surface area (Å²) >= 11 is 6.91. The van der Waals surface area contributed by atoms with Crippen LogP contribution < -0.4 is 0 Å². The van der Waals surface area contributed by atoms with Gasteiger partial charge in [0.05, 0.1) is 0 Å². The summed E-state index contributed by atoms with van der Waals surface area (Å²) in [5.74, 6) is 0. The van der Waals surface area contributed by atoms with Gasteiger partial charge in [0.1, 0.15) is 0 Å². The number of aryl methyl sites for hydroxylation is 1. The zero-order chi connectivity index (χ0) is 11.7. The van der Waals surface area contributed by atoms with Crippen LogP contribution in [0.15, 0.2) is 41.3 Å². The van der Waals surface area contributed by atoms with E-state index in [9.17, 15) is 0 Å². The molecule has 0 saturated heterocycles. The highest BCUT2D eigenvalue weighted by Crippen LogP contribution is 2.32. The minimum Gasteiger partial charge on any atom is -0.143 e. The largest absolute Gasteiger partial charge is 0.143 e. The van der Waals surface area contributed by atoms with Crippen molar-refractivity contribution >= 4 is 35.2 Å². The second-order valence-electron chi connectivity index (χ2n) is 3.94. The van der Waals surface area contributed by atoms with Crippen LogP contribution in [0.2, 0.25) is 0 Å². The summed E-state index contributed by atoms with van der Waals surface area (Å²) < 4.78 is 1.31. The van der Waals surface area contributed by atoms with Crippen LogP contribution in [-0.4, -0.2) is 0 Å². The van der Waals surface area contributed by atoms with Crippen molar-refractivity contribution in [1.82, 2.24) is 0 Å². The van der Waals surface area contributed by atoms with Crippen LogP contribution in [-0.2, 0) is 0 Å². The maximum atomic E-state index is 4.52. The molecule has 0 atom stereocenters. The van der Waals surface area contributed by atoms with Gasteiger partial charge >= 0.3 is 0 Å². The normalized spacial score (nSPS) is 10.5. The highest BCUT2D eigenvalue weighted by Gasteiger charge is 2.08. The van der Waals surface area contributed by atoms with Crippen LogP contribution in [0.3, 0.4) is 0 Å². The third-order valence-electron chi connectivity index (χ3n) is 2.68. The Morgan fingerprint density at radius 1 is 1.00 bits per heavy atom. The number of halogens is 1. The molecule has 0 aliphatic heterocycles. The molecular formula is C14H13IS. The maximum absolute atomic E-state index is 4.52. The molecule has 0 aliphatic carbocycles. The highest BCUT2D eigenvalue weighted by atomic mass is 127. The zero-order valence-corrected chi connectivity index (χ0v) is 12.3. The molecule has 2 aromatic carbocycles. The fraction of sp³-hybridized carbons (Fsp3) is 0.143. The second-order valence-corrected chi connectivity index (χ2v) is 5.58. The predicted molar refractivity (Wildman–Crippen MR) is 81.3 cm³/mol. The fourth-order valence-electron chi connectivity index (χ4n) is 1.80. The highest BCUT2D eigenvalue weighted by molar-refractivity contribution is 14.1. The quantitative estimate of drug-likeness (QED) is 0.556. The van der Waals surface area contributed by atoms with Crippen LogP contribution in [0.25, 0.3) is 11.1 Å². The summed E-state index contributed by atoms with van der Waals surface area (Å²) in [5.41, 5.74) is 5.12. The van der Waals surface area contributed by atoms with Crippen molar-refractivity contribution in [2.45, 2.75) is 18.7 Å². The molecule has 0 aromatic heterocycles. The lowest BCUT2D eigenvalue weighted by molar-refractivity contribution is 1.33. The molecule has 0 bridgehead atoms. The van der Waals surface area contributed by atoms with Gasteiger partial charge < -0.3 is 0 Å². The predicted octanol–water partition coefficient (Wildman–Crippen LogP) is 4.86. The van der Waals surface area contributed by atoms with Crippen molar-refractivity contribution in [3.05, 3.63) is 51.1 Å². The zero-order valence-electron chi connectivity index (χ0n) is 9.29. The first-order valence-electron chi connectivity index (χ1n) is 5.14.